The fourth-order valence-electron chi connectivity index (χ4n) is 3.45. The number of nitrogens with one attached hydrogen (secondary N) is 1. The Hall–Kier alpha value is -3.26. The first-order valence-corrected chi connectivity index (χ1v) is 9.36. The average molecular weight is 397 g/mol. The quantitative estimate of drug-likeness (QED) is 0.457. The van der Waals surface area contributed by atoms with Crippen molar-refractivity contribution in [3.8, 4) is 0 Å². The first-order valence-electron chi connectivity index (χ1n) is 9.36. The van der Waals surface area contributed by atoms with Crippen LogP contribution in [0.3, 0.4) is 0 Å². The molecule has 3 rings (SSSR count). The SMILES string of the molecule is COC(=O)c1cc(C(=O)NCC(C)N2CCc3ccccc3C2)cc([N+](=O)[O-])c1. The molecule has 8 nitrogen and oxygen atoms in total. The second kappa shape index (κ2) is 8.83. The van der Waals surface area contributed by atoms with Crippen LogP contribution in [0.2, 0.25) is 0 Å². The normalized spacial score (nSPS) is 14.6. The van der Waals surface area contributed by atoms with Gasteiger partial charge in [-0.3, -0.25) is 19.8 Å². The third-order valence-corrected chi connectivity index (χ3v) is 5.15. The molecule has 0 spiro atoms. The number of nitro benzene ring substituents is 1. The van der Waals surface area contributed by atoms with Gasteiger partial charge in [-0.1, -0.05) is 24.3 Å². The van der Waals surface area contributed by atoms with Crippen molar-refractivity contribution in [2.24, 2.45) is 0 Å². The lowest BCUT2D eigenvalue weighted by Gasteiger charge is -2.33. The summed E-state index contributed by atoms with van der Waals surface area (Å²) in [6, 6.07) is 12.0. The van der Waals surface area contributed by atoms with Gasteiger partial charge in [0.25, 0.3) is 11.6 Å². The van der Waals surface area contributed by atoms with E-state index < -0.39 is 16.8 Å². The number of nitrogens with zero attached hydrogens (tertiary/aromatic N) is 2. The monoisotopic (exact) mass is 397 g/mol. The van der Waals surface area contributed by atoms with E-state index in [0.717, 1.165) is 31.6 Å². The van der Waals surface area contributed by atoms with Gasteiger partial charge < -0.3 is 10.1 Å². The number of benzene rings is 2. The number of hydrogen-bond donors (Lipinski definition) is 1. The molecule has 0 fully saturated rings. The van der Waals surface area contributed by atoms with Crippen LogP contribution < -0.4 is 5.32 Å². The molecule has 0 radical (unpaired) electrons. The van der Waals surface area contributed by atoms with Gasteiger partial charge in [0, 0.05) is 43.4 Å². The van der Waals surface area contributed by atoms with E-state index in [9.17, 15) is 19.7 Å². The summed E-state index contributed by atoms with van der Waals surface area (Å²) in [7, 11) is 1.18. The van der Waals surface area contributed by atoms with E-state index in [4.69, 9.17) is 0 Å². The Morgan fingerprint density at radius 3 is 2.59 bits per heavy atom. The highest BCUT2D eigenvalue weighted by atomic mass is 16.6. The maximum atomic E-state index is 12.6. The van der Waals surface area contributed by atoms with E-state index in [0.29, 0.717) is 6.54 Å². The second-order valence-corrected chi connectivity index (χ2v) is 7.07. The highest BCUT2D eigenvalue weighted by Crippen LogP contribution is 2.21. The zero-order chi connectivity index (χ0) is 21.0. The third kappa shape index (κ3) is 4.78. The highest BCUT2D eigenvalue weighted by molar-refractivity contribution is 5.99. The van der Waals surface area contributed by atoms with Gasteiger partial charge in [-0.2, -0.15) is 0 Å². The lowest BCUT2D eigenvalue weighted by Crippen LogP contribution is -2.44. The number of methoxy groups -OCH3 is 1. The summed E-state index contributed by atoms with van der Waals surface area (Å²) < 4.78 is 4.61. The van der Waals surface area contributed by atoms with Crippen molar-refractivity contribution in [3.05, 3.63) is 74.8 Å². The van der Waals surface area contributed by atoms with Crippen LogP contribution in [0.5, 0.6) is 0 Å². The molecule has 1 aliphatic heterocycles. The van der Waals surface area contributed by atoms with Gasteiger partial charge in [0.05, 0.1) is 17.6 Å². The number of esters is 1. The van der Waals surface area contributed by atoms with Crippen LogP contribution in [0.25, 0.3) is 0 Å². The number of non-ortho nitro benzene ring substituents is 1. The predicted octanol–water partition coefficient (Wildman–Crippen LogP) is 2.56. The van der Waals surface area contributed by atoms with Gasteiger partial charge >= 0.3 is 5.97 Å². The molecule has 0 aliphatic carbocycles. The van der Waals surface area contributed by atoms with Crippen molar-refractivity contribution in [2.75, 3.05) is 20.2 Å². The lowest BCUT2D eigenvalue weighted by molar-refractivity contribution is -0.384. The molecule has 8 heteroatoms. The van der Waals surface area contributed by atoms with Gasteiger partial charge in [-0.15, -0.1) is 0 Å². The van der Waals surface area contributed by atoms with Gasteiger partial charge in [0.2, 0.25) is 0 Å². The molecule has 2 aromatic rings. The lowest BCUT2D eigenvalue weighted by atomic mass is 9.99. The van der Waals surface area contributed by atoms with Gasteiger partial charge in [-0.25, -0.2) is 4.79 Å². The van der Waals surface area contributed by atoms with Crippen molar-refractivity contribution in [3.63, 3.8) is 0 Å². The van der Waals surface area contributed by atoms with Crippen LogP contribution in [-0.2, 0) is 17.7 Å². The summed E-state index contributed by atoms with van der Waals surface area (Å²) in [6.07, 6.45) is 0.960. The number of rotatable bonds is 6. The Balaban J connectivity index is 1.67. The molecule has 1 heterocycles. The molecule has 152 valence electrons. The molecule has 1 amide bonds. The molecule has 0 aromatic heterocycles. The number of carbonyl (C=O) groups is 2. The van der Waals surface area contributed by atoms with E-state index in [-0.39, 0.29) is 22.9 Å². The van der Waals surface area contributed by atoms with Gasteiger partial charge in [0.1, 0.15) is 0 Å². The molecular weight excluding hydrogens is 374 g/mol. The number of carbonyl (C=O) groups excluding carboxylic acids is 2. The van der Waals surface area contributed by atoms with Crippen molar-refractivity contribution in [1.82, 2.24) is 10.2 Å². The molecule has 1 aliphatic rings. The van der Waals surface area contributed by atoms with Gasteiger partial charge in [-0.05, 0) is 30.5 Å². The average Bonchev–Trinajstić information content (AvgIpc) is 2.75. The zero-order valence-corrected chi connectivity index (χ0v) is 16.4. The predicted molar refractivity (Wildman–Crippen MR) is 107 cm³/mol. The maximum absolute atomic E-state index is 12.6. The summed E-state index contributed by atoms with van der Waals surface area (Å²) in [5, 5.41) is 13.9. The van der Waals surface area contributed by atoms with Crippen LogP contribution in [0.15, 0.2) is 42.5 Å². The van der Waals surface area contributed by atoms with E-state index in [2.05, 4.69) is 27.1 Å². The molecule has 1 atom stereocenters. The molecule has 0 bridgehead atoms. The largest absolute Gasteiger partial charge is 0.465 e. The number of ether oxygens (including phenoxy) is 1. The minimum absolute atomic E-state index is 0.0347. The van der Waals surface area contributed by atoms with E-state index in [1.165, 1.54) is 24.3 Å². The standard InChI is InChI=1S/C21H23N3O5/c1-14(23-8-7-15-5-3-4-6-16(15)13-23)12-22-20(25)17-9-18(21(26)29-2)11-19(10-17)24(27)28/h3-6,9-11,14H,7-8,12-13H2,1-2H3,(H,22,25). The molecule has 1 unspecified atom stereocenters. The molecule has 2 aromatic carbocycles. The Bertz CT molecular complexity index is 944. The minimum atomic E-state index is -0.733. The summed E-state index contributed by atoms with van der Waals surface area (Å²) in [5.74, 6) is -1.20. The van der Waals surface area contributed by atoms with Crippen molar-refractivity contribution in [1.29, 1.82) is 0 Å². The van der Waals surface area contributed by atoms with Crippen LogP contribution >= 0.6 is 0 Å². The van der Waals surface area contributed by atoms with E-state index in [1.54, 1.807) is 0 Å². The summed E-state index contributed by atoms with van der Waals surface area (Å²) in [4.78, 5) is 37.1. The number of amides is 1. The smallest absolute Gasteiger partial charge is 0.338 e. The third-order valence-electron chi connectivity index (χ3n) is 5.15. The van der Waals surface area contributed by atoms with Crippen LogP contribution in [0, 0.1) is 10.1 Å². The fraction of sp³-hybridized carbons (Fsp3) is 0.333. The Morgan fingerprint density at radius 2 is 1.90 bits per heavy atom. The number of hydrogen-bond acceptors (Lipinski definition) is 6. The van der Waals surface area contributed by atoms with Crippen LogP contribution in [-0.4, -0.2) is 47.9 Å². The van der Waals surface area contributed by atoms with Gasteiger partial charge in [0.15, 0.2) is 0 Å². The van der Waals surface area contributed by atoms with Crippen molar-refractivity contribution in [2.45, 2.75) is 25.9 Å². The minimum Gasteiger partial charge on any atom is -0.465 e. The highest BCUT2D eigenvalue weighted by Gasteiger charge is 2.22. The summed E-state index contributed by atoms with van der Waals surface area (Å²) >= 11 is 0. The second-order valence-electron chi connectivity index (χ2n) is 7.07. The number of fused-ring (bicyclic) bond motifs is 1. The maximum Gasteiger partial charge on any atom is 0.338 e. The van der Waals surface area contributed by atoms with Crippen LogP contribution in [0.1, 0.15) is 38.8 Å². The van der Waals surface area contributed by atoms with E-state index >= 15 is 0 Å². The number of nitro groups is 1. The molecular formula is C21H23N3O5. The first-order chi connectivity index (χ1) is 13.9. The Labute approximate surface area is 168 Å². The Kier molecular flexibility index (Phi) is 6.23. The van der Waals surface area contributed by atoms with Crippen LogP contribution in [0.4, 0.5) is 5.69 Å². The molecule has 0 saturated carbocycles. The summed E-state index contributed by atoms with van der Waals surface area (Å²) in [5.41, 5.74) is 2.33. The fourth-order valence-corrected chi connectivity index (χ4v) is 3.45. The van der Waals surface area contributed by atoms with Crippen molar-refractivity contribution >= 4 is 17.6 Å². The first kappa shape index (κ1) is 20.5. The van der Waals surface area contributed by atoms with E-state index in [1.807, 2.05) is 19.1 Å². The van der Waals surface area contributed by atoms with Crippen molar-refractivity contribution < 1.29 is 19.2 Å². The molecule has 29 heavy (non-hydrogen) atoms. The molecule has 0 saturated heterocycles. The Morgan fingerprint density at radius 1 is 1.21 bits per heavy atom. The summed E-state index contributed by atoms with van der Waals surface area (Å²) in [6.45, 7) is 4.13. The zero-order valence-electron chi connectivity index (χ0n) is 16.4. The molecule has 1 N–H and O–H groups in total. The topological polar surface area (TPSA) is 102 Å².